The van der Waals surface area contributed by atoms with E-state index in [0.717, 1.165) is 18.5 Å². The molecule has 0 heterocycles. The lowest BCUT2D eigenvalue weighted by Gasteiger charge is -2.22. The highest BCUT2D eigenvalue weighted by Crippen LogP contribution is 2.30. The van der Waals surface area contributed by atoms with Crippen LogP contribution in [0, 0.1) is 16.0 Å². The van der Waals surface area contributed by atoms with Crippen molar-refractivity contribution in [3.8, 4) is 0 Å². The highest BCUT2D eigenvalue weighted by Gasteiger charge is 2.30. The zero-order valence-electron chi connectivity index (χ0n) is 11.7. The molecule has 0 amide bonds. The van der Waals surface area contributed by atoms with Gasteiger partial charge in [-0.15, -0.1) is 0 Å². The summed E-state index contributed by atoms with van der Waals surface area (Å²) in [6.45, 7) is 6.18. The average molecular weight is 262 g/mol. The lowest BCUT2D eigenvalue weighted by molar-refractivity contribution is -0.385. The molecule has 1 aromatic rings. The molecule has 0 radical (unpaired) electrons. The van der Waals surface area contributed by atoms with Gasteiger partial charge in [-0.25, -0.2) is 0 Å². The number of para-hydroxylation sites is 1. The van der Waals surface area contributed by atoms with E-state index in [2.05, 4.69) is 18.7 Å². The van der Waals surface area contributed by atoms with Crippen LogP contribution in [-0.2, 0) is 6.54 Å². The molecule has 0 N–H and O–H groups in total. The monoisotopic (exact) mass is 262 g/mol. The maximum atomic E-state index is 11.0. The van der Waals surface area contributed by atoms with E-state index in [4.69, 9.17) is 0 Å². The van der Waals surface area contributed by atoms with Crippen LogP contribution >= 0.6 is 0 Å². The number of nitrogens with zero attached hydrogens (tertiary/aromatic N) is 2. The van der Waals surface area contributed by atoms with E-state index in [1.54, 1.807) is 12.1 Å². The maximum Gasteiger partial charge on any atom is 0.273 e. The predicted octanol–water partition coefficient (Wildman–Crippen LogP) is 3.61. The molecule has 0 spiro atoms. The van der Waals surface area contributed by atoms with Gasteiger partial charge in [0.2, 0.25) is 0 Å². The third kappa shape index (κ3) is 4.03. The normalized spacial score (nSPS) is 15.2. The van der Waals surface area contributed by atoms with Crippen LogP contribution in [0.4, 0.5) is 5.69 Å². The Bertz CT molecular complexity index is 442. The zero-order valence-corrected chi connectivity index (χ0v) is 11.7. The van der Waals surface area contributed by atoms with Crippen LogP contribution in [0.2, 0.25) is 0 Å². The number of hydrogen-bond donors (Lipinski definition) is 0. The molecule has 4 heteroatoms. The minimum absolute atomic E-state index is 0.248. The Kier molecular flexibility index (Phi) is 4.53. The average Bonchev–Trinajstić information content (AvgIpc) is 3.18. The smallest absolute Gasteiger partial charge is 0.273 e. The van der Waals surface area contributed by atoms with E-state index in [-0.39, 0.29) is 10.6 Å². The summed E-state index contributed by atoms with van der Waals surface area (Å²) in [4.78, 5) is 13.2. The molecule has 0 aromatic heterocycles. The van der Waals surface area contributed by atoms with Gasteiger partial charge in [-0.2, -0.15) is 0 Å². The van der Waals surface area contributed by atoms with Crippen LogP contribution in [0.5, 0.6) is 0 Å². The summed E-state index contributed by atoms with van der Waals surface area (Å²) in [5.74, 6) is 0.673. The Labute approximate surface area is 114 Å². The number of nitro benzene ring substituents is 1. The van der Waals surface area contributed by atoms with Crippen molar-refractivity contribution in [2.45, 2.75) is 45.7 Å². The van der Waals surface area contributed by atoms with Gasteiger partial charge in [-0.05, 0) is 31.7 Å². The maximum absolute atomic E-state index is 11.0. The second kappa shape index (κ2) is 6.15. The van der Waals surface area contributed by atoms with Gasteiger partial charge < -0.3 is 0 Å². The van der Waals surface area contributed by atoms with Crippen LogP contribution in [-0.4, -0.2) is 22.4 Å². The highest BCUT2D eigenvalue weighted by atomic mass is 16.6. The van der Waals surface area contributed by atoms with Crippen molar-refractivity contribution < 1.29 is 4.92 Å². The molecule has 1 fully saturated rings. The second-order valence-electron chi connectivity index (χ2n) is 5.77. The summed E-state index contributed by atoms with van der Waals surface area (Å²) < 4.78 is 0. The van der Waals surface area contributed by atoms with Crippen LogP contribution in [0.3, 0.4) is 0 Å². The first-order chi connectivity index (χ1) is 9.08. The Morgan fingerprint density at radius 3 is 2.63 bits per heavy atom. The summed E-state index contributed by atoms with van der Waals surface area (Å²) in [6, 6.07) is 7.73. The standard InChI is InChI=1S/C15H22N2O2/c1-12(2)9-10-16(14-7-8-14)11-13-5-3-4-6-15(13)17(18)19/h3-6,12,14H,7-11H2,1-2H3. The van der Waals surface area contributed by atoms with Gasteiger partial charge in [0.05, 0.1) is 4.92 Å². The molecule has 1 aromatic carbocycles. The van der Waals surface area contributed by atoms with Gasteiger partial charge in [0.25, 0.3) is 5.69 Å². The fourth-order valence-corrected chi connectivity index (χ4v) is 2.30. The van der Waals surface area contributed by atoms with Gasteiger partial charge in [0, 0.05) is 24.2 Å². The summed E-state index contributed by atoms with van der Waals surface area (Å²) in [5, 5.41) is 11.0. The minimum atomic E-state index is -0.275. The van der Waals surface area contributed by atoms with Crippen LogP contribution in [0.1, 0.15) is 38.7 Å². The molecule has 1 aliphatic rings. The van der Waals surface area contributed by atoms with E-state index in [1.807, 2.05) is 12.1 Å². The van der Waals surface area contributed by atoms with E-state index in [0.29, 0.717) is 18.5 Å². The quantitative estimate of drug-likeness (QED) is 0.557. The van der Waals surface area contributed by atoms with Crippen LogP contribution < -0.4 is 0 Å². The summed E-state index contributed by atoms with van der Waals surface area (Å²) in [6.07, 6.45) is 3.62. The highest BCUT2D eigenvalue weighted by molar-refractivity contribution is 5.39. The van der Waals surface area contributed by atoms with Crippen molar-refractivity contribution >= 4 is 5.69 Å². The van der Waals surface area contributed by atoms with Crippen molar-refractivity contribution in [3.63, 3.8) is 0 Å². The van der Waals surface area contributed by atoms with Gasteiger partial charge in [0.1, 0.15) is 0 Å². The number of nitro groups is 1. The fraction of sp³-hybridized carbons (Fsp3) is 0.600. The van der Waals surface area contributed by atoms with Crippen molar-refractivity contribution in [3.05, 3.63) is 39.9 Å². The first-order valence-corrected chi connectivity index (χ1v) is 7.04. The number of hydrogen-bond acceptors (Lipinski definition) is 3. The molecule has 1 saturated carbocycles. The van der Waals surface area contributed by atoms with E-state index >= 15 is 0 Å². The topological polar surface area (TPSA) is 46.4 Å². The van der Waals surface area contributed by atoms with Crippen molar-refractivity contribution in [2.24, 2.45) is 5.92 Å². The summed E-state index contributed by atoms with van der Waals surface area (Å²) >= 11 is 0. The molecule has 4 nitrogen and oxygen atoms in total. The Balaban J connectivity index is 2.06. The van der Waals surface area contributed by atoms with Crippen molar-refractivity contribution in [1.82, 2.24) is 4.90 Å². The summed E-state index contributed by atoms with van der Waals surface area (Å²) in [5.41, 5.74) is 1.08. The van der Waals surface area contributed by atoms with Gasteiger partial charge in [-0.3, -0.25) is 15.0 Å². The van der Waals surface area contributed by atoms with E-state index in [9.17, 15) is 10.1 Å². The fourth-order valence-electron chi connectivity index (χ4n) is 2.30. The molecule has 104 valence electrons. The van der Waals surface area contributed by atoms with Crippen LogP contribution in [0.25, 0.3) is 0 Å². The Morgan fingerprint density at radius 1 is 1.37 bits per heavy atom. The molecule has 0 saturated heterocycles. The first-order valence-electron chi connectivity index (χ1n) is 7.04. The molecule has 0 unspecified atom stereocenters. The Morgan fingerprint density at radius 2 is 2.05 bits per heavy atom. The molecule has 0 atom stereocenters. The van der Waals surface area contributed by atoms with Crippen molar-refractivity contribution in [1.29, 1.82) is 0 Å². The molecule has 19 heavy (non-hydrogen) atoms. The van der Waals surface area contributed by atoms with Crippen LogP contribution in [0.15, 0.2) is 24.3 Å². The Hall–Kier alpha value is -1.42. The van der Waals surface area contributed by atoms with E-state index in [1.165, 1.54) is 12.8 Å². The first kappa shape index (κ1) is 14.0. The summed E-state index contributed by atoms with van der Waals surface area (Å²) in [7, 11) is 0. The molecule has 2 rings (SSSR count). The molecular formula is C15H22N2O2. The van der Waals surface area contributed by atoms with Gasteiger partial charge >= 0.3 is 0 Å². The lowest BCUT2D eigenvalue weighted by atomic mass is 10.1. The molecule has 1 aliphatic carbocycles. The second-order valence-corrected chi connectivity index (χ2v) is 5.77. The zero-order chi connectivity index (χ0) is 13.8. The SMILES string of the molecule is CC(C)CCN(Cc1ccccc1[N+](=O)[O-])C1CC1. The lowest BCUT2D eigenvalue weighted by Crippen LogP contribution is -2.27. The number of benzene rings is 1. The minimum Gasteiger partial charge on any atom is -0.296 e. The van der Waals surface area contributed by atoms with Gasteiger partial charge in [0.15, 0.2) is 0 Å². The molecular weight excluding hydrogens is 240 g/mol. The number of rotatable bonds is 7. The largest absolute Gasteiger partial charge is 0.296 e. The predicted molar refractivity (Wildman–Crippen MR) is 76.0 cm³/mol. The third-order valence-corrected chi connectivity index (χ3v) is 3.62. The third-order valence-electron chi connectivity index (χ3n) is 3.62. The van der Waals surface area contributed by atoms with Crippen molar-refractivity contribution in [2.75, 3.05) is 6.54 Å². The molecule has 0 bridgehead atoms. The van der Waals surface area contributed by atoms with Gasteiger partial charge in [-0.1, -0.05) is 32.0 Å². The molecule has 0 aliphatic heterocycles. The van der Waals surface area contributed by atoms with E-state index < -0.39 is 0 Å².